The Hall–Kier alpha value is -2.57. The molecule has 8 heteroatoms. The van der Waals surface area contributed by atoms with Crippen LogP contribution in [0.15, 0.2) is 65.1 Å². The minimum atomic E-state index is -0.0556. The van der Waals surface area contributed by atoms with Crippen molar-refractivity contribution < 1.29 is 0 Å². The number of hydrogen-bond acceptors (Lipinski definition) is 3. The molecule has 3 rings (SSSR count). The maximum Gasteiger partial charge on any atom is 0.211 e. The summed E-state index contributed by atoms with van der Waals surface area (Å²) in [6.45, 7) is 0. The van der Waals surface area contributed by atoms with Crippen LogP contribution in [0.4, 0.5) is 0 Å². The van der Waals surface area contributed by atoms with Gasteiger partial charge in [-0.15, -0.1) is 35.0 Å². The Morgan fingerprint density at radius 2 is 1.80 bits per heavy atom. The number of nitrogens with zero attached hydrogens (tertiary/aromatic N) is 3. The predicted molar refractivity (Wildman–Crippen MR) is 108 cm³/mol. The van der Waals surface area contributed by atoms with Crippen LogP contribution in [0.25, 0.3) is 10.9 Å². The second-order valence-corrected chi connectivity index (χ2v) is 5.20. The lowest BCUT2D eigenvalue weighted by Gasteiger charge is -2.03. The first-order valence-corrected chi connectivity index (χ1v) is 7.35. The van der Waals surface area contributed by atoms with Gasteiger partial charge < -0.3 is 16.5 Å². The molecule has 2 aromatic heterocycles. The van der Waals surface area contributed by atoms with E-state index in [1.165, 1.54) is 5.56 Å². The second kappa shape index (κ2) is 9.66. The number of aromatic nitrogens is 2. The maximum atomic E-state index is 5.40. The van der Waals surface area contributed by atoms with E-state index in [1.54, 1.807) is 12.4 Å². The second-order valence-electron chi connectivity index (χ2n) is 5.20. The van der Waals surface area contributed by atoms with Gasteiger partial charge in [0.2, 0.25) is 5.96 Å². The molecular weight excluding hydrogens is 359 g/mol. The van der Waals surface area contributed by atoms with Crippen LogP contribution in [0, 0.1) is 0 Å². The molecule has 0 radical (unpaired) electrons. The molecule has 0 saturated heterocycles. The molecule has 25 heavy (non-hydrogen) atoms. The van der Waals surface area contributed by atoms with E-state index in [0.717, 1.165) is 35.2 Å². The van der Waals surface area contributed by atoms with Gasteiger partial charge in [0.25, 0.3) is 0 Å². The van der Waals surface area contributed by atoms with Crippen molar-refractivity contribution in [1.82, 2.24) is 9.97 Å². The summed E-state index contributed by atoms with van der Waals surface area (Å²) in [5.41, 5.74) is 14.7. The standard InChI is InChI=1S/C17H18N6.2ClH/c18-17(19)23-22-14(7-6-12-4-2-1-3-5-12)15-10-13-8-9-20-11-16(13)21-15;;/h1-5,8-11,21H,6-7H2,(H4,18,19,23);2*1H. The van der Waals surface area contributed by atoms with Crippen molar-refractivity contribution in [2.45, 2.75) is 12.8 Å². The molecule has 0 aliphatic heterocycles. The lowest BCUT2D eigenvalue weighted by Crippen LogP contribution is -2.22. The summed E-state index contributed by atoms with van der Waals surface area (Å²) in [7, 11) is 0. The van der Waals surface area contributed by atoms with Crippen LogP contribution >= 0.6 is 24.8 Å². The van der Waals surface area contributed by atoms with Gasteiger partial charge >= 0.3 is 0 Å². The highest BCUT2D eigenvalue weighted by atomic mass is 35.5. The molecule has 0 atom stereocenters. The number of hydrogen-bond donors (Lipinski definition) is 3. The molecule has 0 amide bonds. The molecule has 0 unspecified atom stereocenters. The zero-order valence-electron chi connectivity index (χ0n) is 13.4. The molecule has 0 aliphatic rings. The largest absolute Gasteiger partial charge is 0.369 e. The third-order valence-electron chi connectivity index (χ3n) is 3.51. The van der Waals surface area contributed by atoms with E-state index in [-0.39, 0.29) is 30.8 Å². The highest BCUT2D eigenvalue weighted by Gasteiger charge is 2.09. The number of guanidine groups is 1. The average Bonchev–Trinajstić information content (AvgIpc) is 2.99. The molecule has 0 bridgehead atoms. The molecule has 2 heterocycles. The van der Waals surface area contributed by atoms with Crippen molar-refractivity contribution in [3.63, 3.8) is 0 Å². The predicted octanol–water partition coefficient (Wildman–Crippen LogP) is 3.02. The first-order valence-electron chi connectivity index (χ1n) is 7.35. The first-order chi connectivity index (χ1) is 11.2. The molecule has 0 fully saturated rings. The van der Waals surface area contributed by atoms with Crippen LogP contribution in [-0.2, 0) is 6.42 Å². The lowest BCUT2D eigenvalue weighted by atomic mass is 10.1. The molecule has 0 spiro atoms. The summed E-state index contributed by atoms with van der Waals surface area (Å²) in [4.78, 5) is 7.43. The molecule has 3 aromatic rings. The Morgan fingerprint density at radius 1 is 1.04 bits per heavy atom. The highest BCUT2D eigenvalue weighted by molar-refractivity contribution is 6.03. The Morgan fingerprint density at radius 3 is 2.48 bits per heavy atom. The number of fused-ring (bicyclic) bond motifs is 1. The SMILES string of the molecule is Cl.Cl.NC(N)=NN=C(CCc1ccccc1)c1cc2ccncc2[nH]1. The smallest absolute Gasteiger partial charge is 0.211 e. The number of rotatable bonds is 5. The summed E-state index contributed by atoms with van der Waals surface area (Å²) in [5.74, 6) is -0.0556. The van der Waals surface area contributed by atoms with Crippen LogP contribution in [0.2, 0.25) is 0 Å². The van der Waals surface area contributed by atoms with E-state index in [0.29, 0.717) is 0 Å². The van der Waals surface area contributed by atoms with Crippen molar-refractivity contribution in [3.8, 4) is 0 Å². The van der Waals surface area contributed by atoms with Crippen molar-refractivity contribution >= 4 is 47.4 Å². The molecule has 1 aromatic carbocycles. The van der Waals surface area contributed by atoms with E-state index >= 15 is 0 Å². The van der Waals surface area contributed by atoms with Crippen molar-refractivity contribution in [2.24, 2.45) is 21.7 Å². The fourth-order valence-electron chi connectivity index (χ4n) is 2.39. The highest BCUT2D eigenvalue weighted by Crippen LogP contribution is 2.16. The maximum absolute atomic E-state index is 5.40. The van der Waals surface area contributed by atoms with Crippen molar-refractivity contribution in [2.75, 3.05) is 0 Å². The monoisotopic (exact) mass is 378 g/mol. The normalized spacial score (nSPS) is 10.6. The summed E-state index contributed by atoms with van der Waals surface area (Å²) >= 11 is 0. The number of H-pyrrole nitrogens is 1. The van der Waals surface area contributed by atoms with Gasteiger partial charge in [-0.1, -0.05) is 30.3 Å². The van der Waals surface area contributed by atoms with Gasteiger partial charge in [-0.05, 0) is 30.5 Å². The van der Waals surface area contributed by atoms with Crippen molar-refractivity contribution in [3.05, 3.63) is 66.1 Å². The zero-order chi connectivity index (χ0) is 16.1. The lowest BCUT2D eigenvalue weighted by molar-refractivity contribution is 1.02. The average molecular weight is 379 g/mol. The third kappa shape index (κ3) is 5.48. The fraction of sp³-hybridized carbons (Fsp3) is 0.118. The minimum Gasteiger partial charge on any atom is -0.369 e. The molecule has 5 N–H and O–H groups in total. The minimum absolute atomic E-state index is 0. The number of aromatic amines is 1. The zero-order valence-corrected chi connectivity index (χ0v) is 15.1. The number of benzene rings is 1. The molecule has 0 saturated carbocycles. The quantitative estimate of drug-likeness (QED) is 0.360. The van der Waals surface area contributed by atoms with Gasteiger partial charge in [0, 0.05) is 11.6 Å². The first kappa shape index (κ1) is 20.5. The van der Waals surface area contributed by atoms with Crippen LogP contribution < -0.4 is 11.5 Å². The molecule has 0 aliphatic carbocycles. The Bertz CT molecular complexity index is 821. The van der Waals surface area contributed by atoms with E-state index in [9.17, 15) is 0 Å². The van der Waals surface area contributed by atoms with Gasteiger partial charge in [0.15, 0.2) is 0 Å². The van der Waals surface area contributed by atoms with E-state index < -0.39 is 0 Å². The van der Waals surface area contributed by atoms with E-state index in [2.05, 4.69) is 32.3 Å². The number of nitrogens with two attached hydrogens (primary N) is 2. The molecule has 6 nitrogen and oxygen atoms in total. The van der Waals surface area contributed by atoms with Crippen LogP contribution in [0.1, 0.15) is 17.7 Å². The number of nitrogens with one attached hydrogen (secondary N) is 1. The van der Waals surface area contributed by atoms with Gasteiger partial charge in [-0.25, -0.2) is 0 Å². The molecule has 132 valence electrons. The van der Waals surface area contributed by atoms with E-state index in [1.807, 2.05) is 30.3 Å². The Balaban J connectivity index is 0.00000156. The third-order valence-corrected chi connectivity index (χ3v) is 3.51. The van der Waals surface area contributed by atoms with Gasteiger partial charge in [-0.2, -0.15) is 0 Å². The van der Waals surface area contributed by atoms with Gasteiger partial charge in [0.1, 0.15) is 0 Å². The summed E-state index contributed by atoms with van der Waals surface area (Å²) < 4.78 is 0. The fourth-order valence-corrected chi connectivity index (χ4v) is 2.39. The number of aryl methyl sites for hydroxylation is 1. The van der Waals surface area contributed by atoms with Crippen LogP contribution in [-0.4, -0.2) is 21.6 Å². The number of halogens is 2. The van der Waals surface area contributed by atoms with E-state index in [4.69, 9.17) is 11.5 Å². The summed E-state index contributed by atoms with van der Waals surface area (Å²) in [5, 5.41) is 9.09. The Labute approximate surface area is 158 Å². The van der Waals surface area contributed by atoms with Crippen LogP contribution in [0.5, 0.6) is 0 Å². The van der Waals surface area contributed by atoms with Gasteiger partial charge in [0.05, 0.1) is 23.1 Å². The molecular formula is C17H20Cl2N6. The summed E-state index contributed by atoms with van der Waals surface area (Å²) in [6.07, 6.45) is 5.12. The van der Waals surface area contributed by atoms with Gasteiger partial charge in [-0.3, -0.25) is 4.98 Å². The summed E-state index contributed by atoms with van der Waals surface area (Å²) in [6, 6.07) is 14.2. The Kier molecular flexibility index (Phi) is 7.91. The van der Waals surface area contributed by atoms with Crippen LogP contribution in [0.3, 0.4) is 0 Å². The number of pyridine rings is 1. The topological polar surface area (TPSA) is 105 Å². The van der Waals surface area contributed by atoms with Crippen molar-refractivity contribution in [1.29, 1.82) is 0 Å².